The van der Waals surface area contributed by atoms with E-state index in [-0.39, 0.29) is 41.4 Å². The van der Waals surface area contributed by atoms with Crippen molar-refractivity contribution in [1.29, 1.82) is 0 Å². The summed E-state index contributed by atoms with van der Waals surface area (Å²) < 4.78 is 140. The highest BCUT2D eigenvalue weighted by Crippen LogP contribution is 2.41. The Kier molecular flexibility index (Phi) is 17.5. The average molecular weight is 1040 g/mol. The SMILES string of the molecule is CCCN(CCC)CCS(=O)(=O)N(Cc1ccc(OC(F)(F)F)cc1)c1sc2ccccc2c1C.Cc1c(N(Cc2ccc(OC(F)(F)F)cc2)S(=O)(=O)CCBr)sc2ccccc12. The molecule has 9 nitrogen and oxygen atoms in total. The first-order valence-corrected chi connectivity index (χ1v) is 26.1. The van der Waals surface area contributed by atoms with E-state index in [4.69, 9.17) is 0 Å². The topological polar surface area (TPSA) is 96.5 Å². The van der Waals surface area contributed by atoms with Crippen molar-refractivity contribution in [2.75, 3.05) is 45.1 Å². The van der Waals surface area contributed by atoms with Gasteiger partial charge in [0, 0.05) is 21.3 Å². The lowest BCUT2D eigenvalue weighted by Crippen LogP contribution is -2.38. The van der Waals surface area contributed by atoms with Crippen LogP contribution >= 0.6 is 38.6 Å². The van der Waals surface area contributed by atoms with E-state index < -0.39 is 32.8 Å². The molecule has 2 aromatic heterocycles. The minimum absolute atomic E-state index is 0.00922. The molecule has 4 aromatic carbocycles. The van der Waals surface area contributed by atoms with Crippen molar-refractivity contribution in [2.45, 2.75) is 66.4 Å². The maximum absolute atomic E-state index is 13.7. The van der Waals surface area contributed by atoms with Crippen molar-refractivity contribution in [2.24, 2.45) is 0 Å². The van der Waals surface area contributed by atoms with Crippen molar-refractivity contribution >= 4 is 88.8 Å². The molecular formula is C44H48BrF6N3O6S4. The van der Waals surface area contributed by atoms with Crippen molar-refractivity contribution in [3.63, 3.8) is 0 Å². The van der Waals surface area contributed by atoms with Crippen molar-refractivity contribution < 1.29 is 52.7 Å². The van der Waals surface area contributed by atoms with Gasteiger partial charge in [-0.25, -0.2) is 16.8 Å². The van der Waals surface area contributed by atoms with E-state index in [1.165, 1.54) is 79.8 Å². The van der Waals surface area contributed by atoms with Crippen molar-refractivity contribution in [3.8, 4) is 11.5 Å². The molecule has 0 fully saturated rings. The van der Waals surface area contributed by atoms with E-state index in [1.54, 1.807) is 0 Å². The Labute approximate surface area is 386 Å². The fourth-order valence-corrected chi connectivity index (χ4v) is 13.8. The monoisotopic (exact) mass is 1040 g/mol. The first-order chi connectivity index (χ1) is 30.1. The summed E-state index contributed by atoms with van der Waals surface area (Å²) in [6.45, 7) is 9.99. The quantitative estimate of drug-likeness (QED) is 0.0589. The van der Waals surface area contributed by atoms with Gasteiger partial charge in [-0.05, 0) is 109 Å². The molecule has 0 N–H and O–H groups in total. The van der Waals surface area contributed by atoms with E-state index in [1.807, 2.05) is 62.4 Å². The highest BCUT2D eigenvalue weighted by Gasteiger charge is 2.33. The molecule has 0 spiro atoms. The van der Waals surface area contributed by atoms with Gasteiger partial charge in [0.15, 0.2) is 0 Å². The molecule has 0 amide bonds. The van der Waals surface area contributed by atoms with Crippen LogP contribution in [0.25, 0.3) is 20.2 Å². The molecule has 0 aliphatic carbocycles. The third kappa shape index (κ3) is 14.0. The predicted molar refractivity (Wildman–Crippen MR) is 250 cm³/mol. The normalized spacial score (nSPS) is 12.4. The van der Waals surface area contributed by atoms with Crippen LogP contribution in [0.5, 0.6) is 11.5 Å². The predicted octanol–water partition coefficient (Wildman–Crippen LogP) is 12.4. The van der Waals surface area contributed by atoms with Gasteiger partial charge in [0.1, 0.15) is 21.5 Å². The number of hydrogen-bond donors (Lipinski definition) is 0. The summed E-state index contributed by atoms with van der Waals surface area (Å²) in [5.41, 5.74) is 2.83. The van der Waals surface area contributed by atoms with Crippen LogP contribution < -0.4 is 18.1 Å². The van der Waals surface area contributed by atoms with E-state index >= 15 is 0 Å². The fraction of sp³-hybridized carbons (Fsp3) is 0.364. The molecule has 0 unspecified atom stereocenters. The molecular weight excluding hydrogens is 989 g/mol. The van der Waals surface area contributed by atoms with Gasteiger partial charge < -0.3 is 14.4 Å². The van der Waals surface area contributed by atoms with Crippen LogP contribution in [0.1, 0.15) is 48.9 Å². The first-order valence-electron chi connectivity index (χ1n) is 20.1. The second kappa shape index (κ2) is 21.9. The van der Waals surface area contributed by atoms with E-state index in [9.17, 15) is 43.2 Å². The Morgan fingerprint density at radius 2 is 0.938 bits per heavy atom. The number of hydrogen-bond acceptors (Lipinski definition) is 9. The zero-order valence-electron chi connectivity index (χ0n) is 35.4. The van der Waals surface area contributed by atoms with Gasteiger partial charge in [0.2, 0.25) is 20.0 Å². The number of nitrogens with zero attached hydrogens (tertiary/aromatic N) is 3. The number of aryl methyl sites for hydroxylation is 2. The van der Waals surface area contributed by atoms with E-state index in [0.29, 0.717) is 27.7 Å². The highest BCUT2D eigenvalue weighted by atomic mass is 79.9. The molecule has 6 aromatic rings. The smallest absolute Gasteiger partial charge is 0.406 e. The molecule has 0 radical (unpaired) electrons. The lowest BCUT2D eigenvalue weighted by Gasteiger charge is -2.27. The van der Waals surface area contributed by atoms with E-state index in [0.717, 1.165) is 57.2 Å². The summed E-state index contributed by atoms with van der Waals surface area (Å²) in [7, 11) is -7.37. The van der Waals surface area contributed by atoms with Crippen LogP contribution in [0.2, 0.25) is 0 Å². The van der Waals surface area contributed by atoms with Crippen LogP contribution in [0.3, 0.4) is 0 Å². The number of anilines is 2. The number of halogens is 7. The molecule has 0 aliphatic heterocycles. The number of thiophene rings is 2. The Morgan fingerprint density at radius 3 is 1.28 bits per heavy atom. The average Bonchev–Trinajstić information content (AvgIpc) is 3.73. The third-order valence-corrected chi connectivity index (χ3v) is 16.9. The van der Waals surface area contributed by atoms with Gasteiger partial charge in [-0.15, -0.1) is 49.0 Å². The largest absolute Gasteiger partial charge is 0.573 e. The summed E-state index contributed by atoms with van der Waals surface area (Å²) in [4.78, 5) is 2.15. The molecule has 348 valence electrons. The lowest BCUT2D eigenvalue weighted by molar-refractivity contribution is -0.275. The van der Waals surface area contributed by atoms with Crippen LogP contribution in [-0.4, -0.2) is 70.9 Å². The molecule has 20 heteroatoms. The summed E-state index contributed by atoms with van der Waals surface area (Å²) in [5.74, 6) is -0.844. The van der Waals surface area contributed by atoms with Crippen LogP contribution in [-0.2, 0) is 33.1 Å². The van der Waals surface area contributed by atoms with Gasteiger partial charge in [0.05, 0.1) is 24.6 Å². The van der Waals surface area contributed by atoms with Crippen LogP contribution in [0, 0.1) is 13.8 Å². The lowest BCUT2D eigenvalue weighted by atomic mass is 10.2. The van der Waals surface area contributed by atoms with E-state index in [2.05, 4.69) is 44.2 Å². The number of ether oxygens (including phenoxy) is 2. The zero-order valence-corrected chi connectivity index (χ0v) is 40.2. The Bertz CT molecular complexity index is 2670. The summed E-state index contributed by atoms with van der Waals surface area (Å²) in [6, 6.07) is 25.9. The fourth-order valence-electron chi connectivity index (χ4n) is 6.85. The summed E-state index contributed by atoms with van der Waals surface area (Å²) >= 11 is 5.95. The van der Waals surface area contributed by atoms with Gasteiger partial charge in [0.25, 0.3) is 0 Å². The molecule has 0 aliphatic rings. The Morgan fingerprint density at radius 1 is 0.562 bits per heavy atom. The second-order valence-electron chi connectivity index (χ2n) is 14.6. The van der Waals surface area contributed by atoms with Gasteiger partial charge in [-0.3, -0.25) is 8.61 Å². The van der Waals surface area contributed by atoms with Crippen molar-refractivity contribution in [3.05, 3.63) is 119 Å². The zero-order chi connectivity index (χ0) is 46.9. The van der Waals surface area contributed by atoms with Crippen LogP contribution in [0.15, 0.2) is 97.1 Å². The maximum atomic E-state index is 13.7. The van der Waals surface area contributed by atoms with Crippen molar-refractivity contribution in [1.82, 2.24) is 4.90 Å². The molecule has 64 heavy (non-hydrogen) atoms. The molecule has 0 atom stereocenters. The highest BCUT2D eigenvalue weighted by molar-refractivity contribution is 9.09. The summed E-state index contributed by atoms with van der Waals surface area (Å²) in [6.07, 6.45) is -7.69. The molecule has 6 rings (SSSR count). The molecule has 0 bridgehead atoms. The number of fused-ring (bicyclic) bond motifs is 2. The molecule has 0 saturated heterocycles. The number of alkyl halides is 7. The number of sulfonamides is 2. The van der Waals surface area contributed by atoms with Gasteiger partial charge >= 0.3 is 12.7 Å². The summed E-state index contributed by atoms with van der Waals surface area (Å²) in [5, 5.41) is 3.46. The van der Waals surface area contributed by atoms with Gasteiger partial charge in [-0.1, -0.05) is 90.4 Å². The second-order valence-corrected chi connectivity index (χ2v) is 21.5. The molecule has 2 heterocycles. The number of benzene rings is 4. The minimum Gasteiger partial charge on any atom is -0.406 e. The minimum atomic E-state index is -4.78. The Hall–Kier alpha value is -4.08. The van der Waals surface area contributed by atoms with Crippen LogP contribution in [0.4, 0.5) is 36.3 Å². The third-order valence-electron chi connectivity index (χ3n) is 9.81. The first kappa shape index (κ1) is 50.9. The molecule has 0 saturated carbocycles. The number of rotatable bonds is 19. The maximum Gasteiger partial charge on any atom is 0.573 e. The van der Waals surface area contributed by atoms with Gasteiger partial charge in [-0.2, -0.15) is 0 Å². The standard InChI is InChI=1S/C25H31F3N2O3S2.C19H17BrF3NO3S2/c1-4-14-29(15-5-2)16-17-35(31,32)30(24-19(3)22-8-6-7-9-23(22)34-24)18-20-10-12-21(13-11-20)33-25(26,27)28;1-13-16-4-2-3-5-17(16)28-18(13)24(29(25,26)11-10-20)12-14-6-8-15(9-7-14)27-19(21,22)23/h6-13H,4-5,14-18H2,1-3H3;2-9H,10-12H2,1H3. The Balaban J connectivity index is 0.000000245.